The second-order valence-electron chi connectivity index (χ2n) is 6.29. The zero-order chi connectivity index (χ0) is 17.2. The second-order valence-corrected chi connectivity index (χ2v) is 6.54. The molecule has 6 nitrogen and oxygen atoms in total. The first-order chi connectivity index (χ1) is 11.6. The zero-order valence-electron chi connectivity index (χ0n) is 13.7. The van der Waals surface area contributed by atoms with Gasteiger partial charge in [-0.1, -0.05) is 23.7 Å². The number of carbonyl (C=O) groups excluding carboxylic acids is 1. The van der Waals surface area contributed by atoms with Crippen LogP contribution in [-0.2, 0) is 19.1 Å². The van der Waals surface area contributed by atoms with Crippen molar-refractivity contribution in [2.75, 3.05) is 19.8 Å². The summed E-state index contributed by atoms with van der Waals surface area (Å²) >= 11 is 5.42. The number of carbonyl (C=O) groups is 1. The van der Waals surface area contributed by atoms with E-state index >= 15 is 0 Å². The Morgan fingerprint density at radius 3 is 3.04 bits per heavy atom. The van der Waals surface area contributed by atoms with Crippen molar-refractivity contribution in [3.8, 4) is 0 Å². The lowest BCUT2D eigenvalue weighted by molar-refractivity contribution is -0.117. The molecule has 0 radical (unpaired) electrons. The molecule has 3 rings (SSSR count). The van der Waals surface area contributed by atoms with Crippen molar-refractivity contribution in [1.82, 2.24) is 0 Å². The summed E-state index contributed by atoms with van der Waals surface area (Å²) in [6, 6.07) is 0. The smallest absolute Gasteiger partial charge is 0.168 e. The topological polar surface area (TPSA) is 80.7 Å². The van der Waals surface area contributed by atoms with Crippen molar-refractivity contribution < 1.29 is 24.2 Å². The van der Waals surface area contributed by atoms with Crippen LogP contribution >= 0.6 is 11.6 Å². The van der Waals surface area contributed by atoms with E-state index in [4.69, 9.17) is 25.9 Å². The summed E-state index contributed by atoms with van der Waals surface area (Å²) < 4.78 is 11.2. The van der Waals surface area contributed by atoms with Crippen molar-refractivity contribution in [2.24, 2.45) is 11.1 Å². The number of hydrogen-bond donors (Lipinski definition) is 1. The highest BCUT2D eigenvalue weighted by Gasteiger charge is 2.63. The summed E-state index contributed by atoms with van der Waals surface area (Å²) in [4.78, 5) is 17.8. The first-order valence-electron chi connectivity index (χ1n) is 8.27. The van der Waals surface area contributed by atoms with E-state index in [2.05, 4.69) is 5.16 Å². The van der Waals surface area contributed by atoms with E-state index in [-0.39, 0.29) is 35.8 Å². The van der Waals surface area contributed by atoms with Gasteiger partial charge in [0.2, 0.25) is 0 Å². The number of nitrogens with zero attached hydrogens (tertiary/aromatic N) is 1. The number of ether oxygens (including phenoxy) is 2. The number of oxime groups is 1. The Kier molecular flexibility index (Phi) is 5.27. The van der Waals surface area contributed by atoms with Crippen LogP contribution in [0.2, 0.25) is 0 Å². The Labute approximate surface area is 146 Å². The molecule has 3 unspecified atom stereocenters. The average Bonchev–Trinajstić information content (AvgIpc) is 3.32. The lowest BCUT2D eigenvalue weighted by Crippen LogP contribution is -2.38. The molecular formula is C17H22ClNO5. The first kappa shape index (κ1) is 17.5. The van der Waals surface area contributed by atoms with Crippen LogP contribution in [0.5, 0.6) is 0 Å². The molecule has 2 aliphatic heterocycles. The van der Waals surface area contributed by atoms with Gasteiger partial charge >= 0.3 is 0 Å². The predicted octanol–water partition coefficient (Wildman–Crippen LogP) is 2.87. The minimum absolute atomic E-state index is 0.000793. The van der Waals surface area contributed by atoms with Crippen LogP contribution in [0.15, 0.2) is 28.1 Å². The van der Waals surface area contributed by atoms with Crippen molar-refractivity contribution in [3.63, 3.8) is 0 Å². The maximum atomic E-state index is 12.6. The standard InChI is InChI=1S/C17H22ClNO5/c1-2-12(19-23-6-3-5-18)16-13(20)8-11(9-14(16)21)17-4-7-22-10-15(17)24-17/h3,5,11,15,20H,2,4,6-10H2,1H3. The van der Waals surface area contributed by atoms with Crippen molar-refractivity contribution in [2.45, 2.75) is 44.3 Å². The van der Waals surface area contributed by atoms with E-state index < -0.39 is 0 Å². The number of aliphatic hydroxyl groups is 1. The van der Waals surface area contributed by atoms with Crippen LogP contribution in [-0.4, -0.2) is 48.1 Å². The fraction of sp³-hybridized carbons (Fsp3) is 0.647. The monoisotopic (exact) mass is 355 g/mol. The molecule has 3 aliphatic rings. The molecule has 24 heavy (non-hydrogen) atoms. The molecule has 0 aromatic rings. The van der Waals surface area contributed by atoms with Gasteiger partial charge in [0.15, 0.2) is 5.78 Å². The average molecular weight is 356 g/mol. The molecule has 0 aromatic heterocycles. The third-order valence-corrected chi connectivity index (χ3v) is 5.12. The summed E-state index contributed by atoms with van der Waals surface area (Å²) in [5.74, 6) is -0.0136. The van der Waals surface area contributed by atoms with Crippen molar-refractivity contribution >= 4 is 23.1 Å². The molecule has 7 heteroatoms. The number of aliphatic hydroxyl groups excluding tert-OH is 1. The van der Waals surface area contributed by atoms with Crippen molar-refractivity contribution in [3.05, 3.63) is 22.9 Å². The zero-order valence-corrected chi connectivity index (χ0v) is 14.4. The maximum Gasteiger partial charge on any atom is 0.168 e. The lowest BCUT2D eigenvalue weighted by atomic mass is 9.74. The van der Waals surface area contributed by atoms with Gasteiger partial charge in [-0.3, -0.25) is 4.79 Å². The molecule has 1 aliphatic carbocycles. The highest BCUT2D eigenvalue weighted by Crippen LogP contribution is 2.52. The van der Waals surface area contributed by atoms with Crippen molar-refractivity contribution in [1.29, 1.82) is 0 Å². The normalized spacial score (nSPS) is 33.8. The van der Waals surface area contributed by atoms with Crippen LogP contribution in [0.25, 0.3) is 0 Å². The maximum absolute atomic E-state index is 12.6. The Bertz CT molecular complexity index is 600. The fourth-order valence-electron chi connectivity index (χ4n) is 3.66. The molecule has 132 valence electrons. The van der Waals surface area contributed by atoms with Gasteiger partial charge in [0.05, 0.1) is 17.9 Å². The van der Waals surface area contributed by atoms with E-state index in [1.165, 1.54) is 5.54 Å². The first-order valence-corrected chi connectivity index (χ1v) is 8.71. The number of hydrogen-bond acceptors (Lipinski definition) is 6. The molecule has 1 N–H and O–H groups in total. The third kappa shape index (κ3) is 3.23. The molecule has 0 saturated carbocycles. The highest BCUT2D eigenvalue weighted by molar-refractivity contribution is 6.25. The molecule has 2 saturated heterocycles. The van der Waals surface area contributed by atoms with E-state index in [1.807, 2.05) is 6.92 Å². The van der Waals surface area contributed by atoms with Crippen LogP contribution in [0.4, 0.5) is 0 Å². The Balaban J connectivity index is 1.74. The lowest BCUT2D eigenvalue weighted by Gasteiger charge is -2.30. The number of fused-ring (bicyclic) bond motifs is 1. The minimum atomic E-state index is -0.293. The van der Waals surface area contributed by atoms with E-state index in [0.717, 1.165) is 6.42 Å². The summed E-state index contributed by atoms with van der Waals surface area (Å²) in [5.41, 5.74) is 1.81. The largest absolute Gasteiger partial charge is 0.511 e. The van der Waals surface area contributed by atoms with Crippen LogP contribution < -0.4 is 0 Å². The van der Waals surface area contributed by atoms with Gasteiger partial charge in [-0.05, 0) is 12.5 Å². The number of ketones is 1. The molecule has 2 heterocycles. The van der Waals surface area contributed by atoms with Crippen LogP contribution in [0.3, 0.4) is 0 Å². The third-order valence-electron chi connectivity index (χ3n) is 4.94. The molecular weight excluding hydrogens is 334 g/mol. The number of epoxide rings is 1. The van der Waals surface area contributed by atoms with Crippen LogP contribution in [0.1, 0.15) is 32.6 Å². The number of Topliss-reactive ketones (excluding diaryl/α,β-unsaturated/α-hetero) is 1. The highest BCUT2D eigenvalue weighted by atomic mass is 35.5. The predicted molar refractivity (Wildman–Crippen MR) is 89.1 cm³/mol. The van der Waals surface area contributed by atoms with Gasteiger partial charge in [0.25, 0.3) is 0 Å². The Hall–Kier alpha value is -1.37. The van der Waals surface area contributed by atoms with Gasteiger partial charge in [-0.25, -0.2) is 0 Å². The van der Waals surface area contributed by atoms with Crippen LogP contribution in [0, 0.1) is 5.92 Å². The molecule has 2 fully saturated rings. The second kappa shape index (κ2) is 7.25. The SMILES string of the molecule is CCC(=NOCC=CCl)C1=C(O)CC(C23CCOCC2O3)CC1=O. The molecule has 0 aromatic carbocycles. The van der Waals surface area contributed by atoms with E-state index in [0.29, 0.717) is 43.8 Å². The number of halogens is 1. The molecule has 3 atom stereocenters. The van der Waals surface area contributed by atoms with Gasteiger partial charge in [-0.15, -0.1) is 0 Å². The number of allylic oxidation sites excluding steroid dienone is 2. The summed E-state index contributed by atoms with van der Waals surface area (Å²) in [7, 11) is 0. The fourth-order valence-corrected chi connectivity index (χ4v) is 3.73. The van der Waals surface area contributed by atoms with Gasteiger partial charge in [-0.2, -0.15) is 0 Å². The molecule has 0 bridgehead atoms. The summed E-state index contributed by atoms with van der Waals surface area (Å²) in [6.45, 7) is 3.31. The molecule has 0 spiro atoms. The van der Waals surface area contributed by atoms with E-state index in [9.17, 15) is 9.90 Å². The number of rotatable bonds is 6. The molecule has 0 amide bonds. The Morgan fingerprint density at radius 2 is 2.38 bits per heavy atom. The minimum Gasteiger partial charge on any atom is -0.511 e. The van der Waals surface area contributed by atoms with E-state index in [1.54, 1.807) is 6.08 Å². The summed E-state index contributed by atoms with van der Waals surface area (Å²) in [6.07, 6.45) is 3.72. The van der Waals surface area contributed by atoms with Gasteiger partial charge < -0.3 is 19.4 Å². The Morgan fingerprint density at radius 1 is 1.54 bits per heavy atom. The summed E-state index contributed by atoms with van der Waals surface area (Å²) in [5, 5.41) is 14.5. The van der Waals surface area contributed by atoms with Gasteiger partial charge in [0.1, 0.15) is 24.1 Å². The quantitative estimate of drug-likeness (QED) is 0.343. The van der Waals surface area contributed by atoms with Gasteiger partial charge in [0, 0.05) is 37.3 Å².